The van der Waals surface area contributed by atoms with Crippen LogP contribution in [-0.2, 0) is 5.41 Å². The van der Waals surface area contributed by atoms with E-state index in [1.807, 2.05) is 47.8 Å². The number of nitrogens with zero attached hydrogens (tertiary/aromatic N) is 4. The Bertz CT molecular complexity index is 1050. The van der Waals surface area contributed by atoms with E-state index >= 15 is 0 Å². The number of nitrogens with one attached hydrogen (secondary N) is 1. The van der Waals surface area contributed by atoms with E-state index < -0.39 is 0 Å². The summed E-state index contributed by atoms with van der Waals surface area (Å²) in [5.74, 6) is 1.38. The molecule has 152 valence electrons. The fourth-order valence-corrected chi connectivity index (χ4v) is 3.93. The van der Waals surface area contributed by atoms with Gasteiger partial charge < -0.3 is 10.2 Å². The number of hydrogen-bond acceptors (Lipinski definition) is 4. The molecule has 1 fully saturated rings. The molecule has 2 aromatic heterocycles. The van der Waals surface area contributed by atoms with Crippen molar-refractivity contribution in [2.75, 3.05) is 16.8 Å². The van der Waals surface area contributed by atoms with Crippen LogP contribution in [0, 0.1) is 6.92 Å². The van der Waals surface area contributed by atoms with Gasteiger partial charge in [-0.1, -0.05) is 32.9 Å². The molecule has 0 spiro atoms. The lowest BCUT2D eigenvalue weighted by atomic mass is 9.87. The highest BCUT2D eigenvalue weighted by atomic mass is 16.1. The van der Waals surface area contributed by atoms with Gasteiger partial charge in [-0.05, 0) is 49.8 Å². The van der Waals surface area contributed by atoms with Gasteiger partial charge in [0, 0.05) is 30.3 Å². The van der Waals surface area contributed by atoms with E-state index in [2.05, 4.69) is 48.0 Å². The fraction of sp³-hybridized carbons (Fsp3) is 0.435. The molecular formula is C23H29N5O. The molecule has 1 aliphatic heterocycles. The average molecular weight is 392 g/mol. The first-order valence-corrected chi connectivity index (χ1v) is 10.3. The van der Waals surface area contributed by atoms with Gasteiger partial charge in [0.25, 0.3) is 5.91 Å². The van der Waals surface area contributed by atoms with Crippen molar-refractivity contribution in [2.24, 2.45) is 0 Å². The van der Waals surface area contributed by atoms with Crippen molar-refractivity contribution in [3.63, 3.8) is 0 Å². The van der Waals surface area contributed by atoms with Crippen LogP contribution in [0.2, 0.25) is 0 Å². The number of fused-ring (bicyclic) bond motifs is 1. The Labute approximate surface area is 171 Å². The molecular weight excluding hydrogens is 362 g/mol. The maximum atomic E-state index is 12.8. The third-order valence-electron chi connectivity index (χ3n) is 5.63. The Hall–Kier alpha value is -2.89. The molecule has 1 atom stereocenters. The highest BCUT2D eigenvalue weighted by Crippen LogP contribution is 2.28. The normalized spacial score (nSPS) is 17.1. The van der Waals surface area contributed by atoms with Crippen LogP contribution in [0.5, 0.6) is 0 Å². The number of carbonyl (C=O) groups excluding carboxylic acids is 1. The van der Waals surface area contributed by atoms with Crippen LogP contribution in [-0.4, -0.2) is 33.1 Å². The molecule has 6 heteroatoms. The van der Waals surface area contributed by atoms with Crippen molar-refractivity contribution in [3.8, 4) is 0 Å². The van der Waals surface area contributed by atoms with E-state index in [0.29, 0.717) is 17.4 Å². The minimum atomic E-state index is -0.154. The van der Waals surface area contributed by atoms with Crippen LogP contribution >= 0.6 is 0 Å². The molecule has 0 radical (unpaired) electrons. The molecule has 0 bridgehead atoms. The van der Waals surface area contributed by atoms with Gasteiger partial charge in [0.1, 0.15) is 11.6 Å². The number of rotatable bonds is 3. The number of hydrogen-bond donors (Lipinski definition) is 1. The fourth-order valence-electron chi connectivity index (χ4n) is 3.93. The number of anilines is 2. The maximum Gasteiger partial charge on any atom is 0.256 e. The monoisotopic (exact) mass is 391 g/mol. The Morgan fingerprint density at radius 3 is 2.52 bits per heavy atom. The molecule has 29 heavy (non-hydrogen) atoms. The van der Waals surface area contributed by atoms with Gasteiger partial charge in [0.15, 0.2) is 5.65 Å². The van der Waals surface area contributed by atoms with Gasteiger partial charge in [0.05, 0.1) is 5.69 Å². The molecule has 1 saturated heterocycles. The van der Waals surface area contributed by atoms with Crippen LogP contribution < -0.4 is 10.2 Å². The molecule has 1 N–H and O–H groups in total. The zero-order valence-electron chi connectivity index (χ0n) is 17.9. The predicted octanol–water partition coefficient (Wildman–Crippen LogP) is 4.58. The number of benzene rings is 1. The van der Waals surface area contributed by atoms with Crippen LogP contribution in [0.4, 0.5) is 11.6 Å². The Morgan fingerprint density at radius 1 is 1.17 bits per heavy atom. The van der Waals surface area contributed by atoms with E-state index in [0.717, 1.165) is 36.5 Å². The summed E-state index contributed by atoms with van der Waals surface area (Å²) in [5, 5.41) is 7.58. The first kappa shape index (κ1) is 19.4. The summed E-state index contributed by atoms with van der Waals surface area (Å²) in [4.78, 5) is 19.8. The lowest BCUT2D eigenvalue weighted by molar-refractivity contribution is 0.102. The number of aromatic nitrogens is 3. The van der Waals surface area contributed by atoms with Gasteiger partial charge in [-0.3, -0.25) is 4.79 Å². The van der Waals surface area contributed by atoms with E-state index in [-0.39, 0.29) is 11.3 Å². The molecule has 0 aliphatic carbocycles. The minimum absolute atomic E-state index is 0.0583. The highest BCUT2D eigenvalue weighted by molar-refractivity contribution is 6.04. The summed E-state index contributed by atoms with van der Waals surface area (Å²) in [7, 11) is 0. The quantitative estimate of drug-likeness (QED) is 0.710. The summed E-state index contributed by atoms with van der Waals surface area (Å²) < 4.78 is 1.88. The first-order valence-electron chi connectivity index (χ1n) is 10.3. The zero-order chi connectivity index (χ0) is 20.8. The second-order valence-electron chi connectivity index (χ2n) is 9.02. The molecule has 1 aliphatic rings. The summed E-state index contributed by atoms with van der Waals surface area (Å²) in [6.45, 7) is 11.7. The van der Waals surface area contributed by atoms with Gasteiger partial charge >= 0.3 is 0 Å². The molecule has 0 saturated carbocycles. The van der Waals surface area contributed by atoms with E-state index in [9.17, 15) is 4.79 Å². The first-order chi connectivity index (χ1) is 13.7. The Morgan fingerprint density at radius 2 is 1.90 bits per heavy atom. The van der Waals surface area contributed by atoms with Crippen molar-refractivity contribution >= 4 is 23.2 Å². The van der Waals surface area contributed by atoms with E-state index in [4.69, 9.17) is 0 Å². The second-order valence-corrected chi connectivity index (χ2v) is 9.02. The van der Waals surface area contributed by atoms with Crippen molar-refractivity contribution < 1.29 is 4.79 Å². The highest BCUT2D eigenvalue weighted by Gasteiger charge is 2.24. The molecule has 1 amide bonds. The van der Waals surface area contributed by atoms with Crippen molar-refractivity contribution in [2.45, 2.75) is 58.9 Å². The van der Waals surface area contributed by atoms with Crippen LogP contribution in [0.3, 0.4) is 0 Å². The molecule has 4 rings (SSSR count). The second kappa shape index (κ2) is 7.17. The van der Waals surface area contributed by atoms with E-state index in [1.165, 1.54) is 5.56 Å². The van der Waals surface area contributed by atoms with E-state index in [1.54, 1.807) is 0 Å². The molecule has 6 nitrogen and oxygen atoms in total. The maximum absolute atomic E-state index is 12.8. The van der Waals surface area contributed by atoms with Crippen LogP contribution in [0.1, 0.15) is 62.2 Å². The smallest absolute Gasteiger partial charge is 0.256 e. The standard InChI is InChI=1S/C23H29N5O/c1-15-13-20-24-19(14-21(28(20)26-15)27-12-6-7-16(27)2)25-22(29)17-8-10-18(11-9-17)23(3,4)5/h8-11,13-14,16H,6-7,12H2,1-5H3,(H,24,25,29). The van der Waals surface area contributed by atoms with Crippen LogP contribution in [0.15, 0.2) is 36.4 Å². The van der Waals surface area contributed by atoms with Gasteiger partial charge in [-0.25, -0.2) is 4.98 Å². The third-order valence-corrected chi connectivity index (χ3v) is 5.63. The average Bonchev–Trinajstić information content (AvgIpc) is 3.25. The zero-order valence-corrected chi connectivity index (χ0v) is 17.9. The third kappa shape index (κ3) is 3.84. The van der Waals surface area contributed by atoms with Gasteiger partial charge in [-0.15, -0.1) is 0 Å². The topological polar surface area (TPSA) is 62.5 Å². The summed E-state index contributed by atoms with van der Waals surface area (Å²) in [6.07, 6.45) is 2.32. The Kier molecular flexibility index (Phi) is 4.81. The largest absolute Gasteiger partial charge is 0.354 e. The molecule has 1 aromatic carbocycles. The SMILES string of the molecule is Cc1cc2nc(NC(=O)c3ccc(C(C)(C)C)cc3)cc(N3CCCC3C)n2n1. The van der Waals surface area contributed by atoms with Gasteiger partial charge in [-0.2, -0.15) is 9.61 Å². The molecule has 1 unspecified atom stereocenters. The van der Waals surface area contributed by atoms with Crippen molar-refractivity contribution in [1.29, 1.82) is 0 Å². The lowest BCUT2D eigenvalue weighted by Gasteiger charge is -2.24. The number of amides is 1. The van der Waals surface area contributed by atoms with Gasteiger partial charge in [0.2, 0.25) is 0 Å². The number of aryl methyl sites for hydroxylation is 1. The molecule has 3 heterocycles. The van der Waals surface area contributed by atoms with Crippen molar-refractivity contribution in [3.05, 3.63) is 53.2 Å². The van der Waals surface area contributed by atoms with Crippen molar-refractivity contribution in [1.82, 2.24) is 14.6 Å². The summed E-state index contributed by atoms with van der Waals surface area (Å²) in [6, 6.07) is 12.1. The predicted molar refractivity (Wildman–Crippen MR) is 117 cm³/mol. The Balaban J connectivity index is 1.64. The minimum Gasteiger partial charge on any atom is -0.354 e. The number of carbonyl (C=O) groups is 1. The van der Waals surface area contributed by atoms with Crippen LogP contribution in [0.25, 0.3) is 5.65 Å². The summed E-state index contributed by atoms with van der Waals surface area (Å²) in [5.41, 5.74) is 3.54. The molecule has 3 aromatic rings. The lowest BCUT2D eigenvalue weighted by Crippen LogP contribution is -2.29. The summed E-state index contributed by atoms with van der Waals surface area (Å²) >= 11 is 0.